The zero-order valence-corrected chi connectivity index (χ0v) is 16.9. The highest BCUT2D eigenvalue weighted by molar-refractivity contribution is 9.10. The Balaban J connectivity index is 2.57. The molecule has 0 atom stereocenters. The average molecular weight is 395 g/mol. The molecule has 0 unspecified atom stereocenters. The van der Waals surface area contributed by atoms with Gasteiger partial charge in [0.2, 0.25) is 0 Å². The molecule has 1 aromatic heterocycles. The van der Waals surface area contributed by atoms with Crippen LogP contribution in [-0.2, 0) is 12.0 Å². The molecule has 2 aromatic rings. The molecular weight excluding hydrogens is 372 g/mol. The summed E-state index contributed by atoms with van der Waals surface area (Å²) in [5.41, 5.74) is 2.95. The van der Waals surface area contributed by atoms with Crippen LogP contribution in [0.4, 0.5) is 0 Å². The molecule has 0 aliphatic rings. The molecule has 0 aliphatic heterocycles. The van der Waals surface area contributed by atoms with Gasteiger partial charge in [-0.25, -0.2) is 0 Å². The largest absolute Gasteiger partial charge is 0.321 e. The summed E-state index contributed by atoms with van der Waals surface area (Å²) in [5, 5.41) is 0. The Kier molecular flexibility index (Phi) is 5.31. The fraction of sp³-hybridized carbons (Fsp3) is 0.444. The van der Waals surface area contributed by atoms with E-state index in [2.05, 4.69) is 60.1 Å². The molecule has 124 valence electrons. The van der Waals surface area contributed by atoms with Gasteiger partial charge in [0.25, 0.3) is 5.91 Å². The van der Waals surface area contributed by atoms with Crippen molar-refractivity contribution in [3.05, 3.63) is 49.2 Å². The van der Waals surface area contributed by atoms with E-state index in [4.69, 9.17) is 0 Å². The first-order valence-corrected chi connectivity index (χ1v) is 9.32. The van der Waals surface area contributed by atoms with Gasteiger partial charge in [-0.15, -0.1) is 11.3 Å². The Morgan fingerprint density at radius 2 is 1.96 bits per heavy atom. The second-order valence-corrected chi connectivity index (χ2v) is 8.53. The summed E-state index contributed by atoms with van der Waals surface area (Å²) in [4.78, 5) is 19.0. The molecule has 0 radical (unpaired) electrons. The minimum atomic E-state index is -0.208. The number of nitrogens with zero attached hydrogens (tertiary/aromatic N) is 2. The molecule has 1 aromatic carbocycles. The van der Waals surface area contributed by atoms with Gasteiger partial charge in [-0.05, 0) is 59.8 Å². The van der Waals surface area contributed by atoms with Crippen molar-refractivity contribution in [3.8, 4) is 0 Å². The van der Waals surface area contributed by atoms with Gasteiger partial charge in [-0.2, -0.15) is 4.99 Å². The van der Waals surface area contributed by atoms with Crippen LogP contribution in [0.15, 0.2) is 27.7 Å². The van der Waals surface area contributed by atoms with Crippen molar-refractivity contribution in [3.63, 3.8) is 0 Å². The Labute approximate surface area is 150 Å². The van der Waals surface area contributed by atoms with Crippen molar-refractivity contribution in [1.82, 2.24) is 4.57 Å². The SMILES string of the molecule is CCn1c(C)c(C(C)(C)C)sc1=NC(=O)c1ccc(C)cc1Br. The van der Waals surface area contributed by atoms with Crippen LogP contribution in [-0.4, -0.2) is 10.5 Å². The summed E-state index contributed by atoms with van der Waals surface area (Å²) >= 11 is 5.07. The molecule has 1 amide bonds. The van der Waals surface area contributed by atoms with Crippen molar-refractivity contribution in [2.45, 2.75) is 53.5 Å². The summed E-state index contributed by atoms with van der Waals surface area (Å²) < 4.78 is 2.91. The number of thiazole rings is 1. The first kappa shape index (κ1) is 18.1. The van der Waals surface area contributed by atoms with E-state index < -0.39 is 0 Å². The number of rotatable bonds is 2. The van der Waals surface area contributed by atoms with Crippen molar-refractivity contribution in [2.75, 3.05) is 0 Å². The lowest BCUT2D eigenvalue weighted by atomic mass is 9.93. The fourth-order valence-electron chi connectivity index (χ4n) is 2.58. The van der Waals surface area contributed by atoms with Gasteiger partial charge in [0, 0.05) is 21.6 Å². The average Bonchev–Trinajstić information content (AvgIpc) is 2.74. The number of halogens is 1. The fourth-order valence-corrected chi connectivity index (χ4v) is 4.49. The van der Waals surface area contributed by atoms with Gasteiger partial charge >= 0.3 is 0 Å². The highest BCUT2D eigenvalue weighted by Crippen LogP contribution is 2.28. The number of carbonyl (C=O) groups excluding carboxylic acids is 1. The molecule has 0 saturated heterocycles. The Morgan fingerprint density at radius 3 is 2.48 bits per heavy atom. The van der Waals surface area contributed by atoms with Crippen molar-refractivity contribution in [1.29, 1.82) is 0 Å². The van der Waals surface area contributed by atoms with Crippen LogP contribution < -0.4 is 4.80 Å². The lowest BCUT2D eigenvalue weighted by Crippen LogP contribution is -2.17. The van der Waals surface area contributed by atoms with E-state index in [1.54, 1.807) is 11.3 Å². The van der Waals surface area contributed by atoms with Crippen molar-refractivity contribution in [2.24, 2.45) is 4.99 Å². The third-order valence-electron chi connectivity index (χ3n) is 3.71. The van der Waals surface area contributed by atoms with Gasteiger partial charge in [0.05, 0.1) is 5.56 Å². The second-order valence-electron chi connectivity index (χ2n) is 6.69. The molecule has 0 aliphatic carbocycles. The number of amides is 1. The van der Waals surface area contributed by atoms with Crippen LogP contribution in [0.5, 0.6) is 0 Å². The maximum Gasteiger partial charge on any atom is 0.280 e. The summed E-state index contributed by atoms with van der Waals surface area (Å²) in [6, 6.07) is 5.70. The van der Waals surface area contributed by atoms with Crippen LogP contribution in [0.25, 0.3) is 0 Å². The number of aromatic nitrogens is 1. The third-order valence-corrected chi connectivity index (χ3v) is 5.97. The second kappa shape index (κ2) is 6.73. The molecular formula is C18H23BrN2OS. The number of benzene rings is 1. The zero-order valence-electron chi connectivity index (χ0n) is 14.5. The molecule has 0 fully saturated rings. The minimum absolute atomic E-state index is 0.0485. The van der Waals surface area contributed by atoms with Crippen LogP contribution in [0.3, 0.4) is 0 Å². The highest BCUT2D eigenvalue weighted by atomic mass is 79.9. The summed E-state index contributed by atoms with van der Waals surface area (Å²) in [7, 11) is 0. The molecule has 23 heavy (non-hydrogen) atoms. The topological polar surface area (TPSA) is 34.4 Å². The number of hydrogen-bond donors (Lipinski definition) is 0. The molecule has 3 nitrogen and oxygen atoms in total. The van der Waals surface area contributed by atoms with Gasteiger partial charge in [-0.1, -0.05) is 26.8 Å². The highest BCUT2D eigenvalue weighted by Gasteiger charge is 2.22. The van der Waals surface area contributed by atoms with E-state index in [9.17, 15) is 4.79 Å². The number of hydrogen-bond acceptors (Lipinski definition) is 2. The van der Waals surface area contributed by atoms with E-state index in [0.29, 0.717) is 5.56 Å². The van der Waals surface area contributed by atoms with E-state index in [1.165, 1.54) is 10.6 Å². The number of carbonyl (C=O) groups is 1. The lowest BCUT2D eigenvalue weighted by Gasteiger charge is -2.17. The maximum atomic E-state index is 12.6. The molecule has 0 N–H and O–H groups in total. The zero-order chi connectivity index (χ0) is 17.4. The first-order valence-electron chi connectivity index (χ1n) is 7.71. The van der Waals surface area contributed by atoms with Gasteiger partial charge in [0.15, 0.2) is 4.80 Å². The Morgan fingerprint density at radius 1 is 1.30 bits per heavy atom. The van der Waals surface area contributed by atoms with E-state index in [1.807, 2.05) is 25.1 Å². The molecule has 5 heteroatoms. The van der Waals surface area contributed by atoms with Crippen LogP contribution in [0.1, 0.15) is 54.2 Å². The molecule has 1 heterocycles. The molecule has 0 bridgehead atoms. The standard InChI is InChI=1S/C18H23BrN2OS/c1-7-21-12(3)15(18(4,5)6)23-17(21)20-16(22)13-9-8-11(2)10-14(13)19/h8-10H,7H2,1-6H3. The smallest absolute Gasteiger partial charge is 0.280 e. The lowest BCUT2D eigenvalue weighted by molar-refractivity contribution is 0.0997. The normalized spacial score (nSPS) is 12.7. The molecule has 0 spiro atoms. The van der Waals surface area contributed by atoms with Crippen LogP contribution in [0.2, 0.25) is 0 Å². The van der Waals surface area contributed by atoms with Crippen LogP contribution in [0, 0.1) is 13.8 Å². The predicted molar refractivity (Wildman–Crippen MR) is 100 cm³/mol. The Bertz CT molecular complexity index is 809. The maximum absolute atomic E-state index is 12.6. The van der Waals surface area contributed by atoms with E-state index in [-0.39, 0.29) is 11.3 Å². The van der Waals surface area contributed by atoms with Gasteiger partial charge in [-0.3, -0.25) is 4.79 Å². The number of aryl methyl sites for hydroxylation is 1. The van der Waals surface area contributed by atoms with Crippen molar-refractivity contribution >= 4 is 33.2 Å². The monoisotopic (exact) mass is 394 g/mol. The van der Waals surface area contributed by atoms with Gasteiger partial charge in [0.1, 0.15) is 0 Å². The quantitative estimate of drug-likeness (QED) is 0.706. The third kappa shape index (κ3) is 3.83. The summed E-state index contributed by atoms with van der Waals surface area (Å²) in [5.74, 6) is -0.208. The van der Waals surface area contributed by atoms with E-state index in [0.717, 1.165) is 21.4 Å². The minimum Gasteiger partial charge on any atom is -0.321 e. The first-order chi connectivity index (χ1) is 10.6. The van der Waals surface area contributed by atoms with Crippen molar-refractivity contribution < 1.29 is 4.79 Å². The predicted octanol–water partition coefficient (Wildman–Crippen LogP) is 4.99. The summed E-state index contributed by atoms with van der Waals surface area (Å²) in [6.45, 7) is 13.6. The van der Waals surface area contributed by atoms with Crippen LogP contribution >= 0.6 is 27.3 Å². The Hall–Kier alpha value is -1.20. The van der Waals surface area contributed by atoms with Gasteiger partial charge < -0.3 is 4.57 Å². The van der Waals surface area contributed by atoms with E-state index >= 15 is 0 Å². The molecule has 2 rings (SSSR count). The summed E-state index contributed by atoms with van der Waals surface area (Å²) in [6.07, 6.45) is 0. The molecule has 0 saturated carbocycles.